The maximum absolute atomic E-state index is 5.50. The summed E-state index contributed by atoms with van der Waals surface area (Å²) < 4.78 is 5.38. The van der Waals surface area contributed by atoms with E-state index in [0.717, 1.165) is 35.9 Å². The largest absolute Gasteiger partial charge is 0.497 e. The number of aromatic nitrogens is 1. The fourth-order valence-electron chi connectivity index (χ4n) is 3.06. The summed E-state index contributed by atoms with van der Waals surface area (Å²) in [5, 5.41) is 7.22. The number of thiocarbonyl (C=S) groups is 1. The number of aryl methyl sites for hydroxylation is 1. The summed E-state index contributed by atoms with van der Waals surface area (Å²) in [6, 6.07) is 10.4. The van der Waals surface area contributed by atoms with Crippen LogP contribution in [-0.4, -0.2) is 35.7 Å². The summed E-state index contributed by atoms with van der Waals surface area (Å²) in [5.41, 5.74) is 3.67. The zero-order valence-corrected chi connectivity index (χ0v) is 16.4. The first-order valence-corrected chi connectivity index (χ1v) is 9.55. The Morgan fingerprint density at radius 1 is 1.36 bits per heavy atom. The molecular weight excluding hydrogens is 350 g/mol. The van der Waals surface area contributed by atoms with Gasteiger partial charge in [-0.1, -0.05) is 6.07 Å². The number of aromatic amines is 1. The van der Waals surface area contributed by atoms with Gasteiger partial charge in [0.05, 0.1) is 13.7 Å². The Balaban J connectivity index is 1.81. The van der Waals surface area contributed by atoms with Gasteiger partial charge in [-0.15, -0.1) is 11.3 Å². The summed E-state index contributed by atoms with van der Waals surface area (Å²) in [6.07, 6.45) is 0.923. The molecule has 0 fully saturated rings. The maximum Gasteiger partial charge on any atom is 0.169 e. The van der Waals surface area contributed by atoms with Gasteiger partial charge in [-0.2, -0.15) is 0 Å². The summed E-state index contributed by atoms with van der Waals surface area (Å²) in [4.78, 5) is 7.01. The number of methoxy groups -OCH3 is 1. The molecule has 2 heterocycles. The van der Waals surface area contributed by atoms with Gasteiger partial charge < -0.3 is 19.9 Å². The highest BCUT2D eigenvalue weighted by molar-refractivity contribution is 7.80. The van der Waals surface area contributed by atoms with Crippen molar-refractivity contribution in [2.24, 2.45) is 0 Å². The van der Waals surface area contributed by atoms with Crippen LogP contribution >= 0.6 is 23.6 Å². The molecule has 0 aliphatic rings. The number of fused-ring (bicyclic) bond motifs is 1. The maximum atomic E-state index is 5.50. The van der Waals surface area contributed by atoms with Crippen LogP contribution in [0.5, 0.6) is 5.75 Å². The lowest BCUT2D eigenvalue weighted by atomic mass is 10.1. The number of nitrogens with zero attached hydrogens (tertiary/aromatic N) is 1. The smallest absolute Gasteiger partial charge is 0.169 e. The van der Waals surface area contributed by atoms with Crippen LogP contribution in [0.25, 0.3) is 10.9 Å². The van der Waals surface area contributed by atoms with E-state index in [1.807, 2.05) is 13.1 Å². The molecule has 4 nitrogen and oxygen atoms in total. The predicted octanol–water partition coefficient (Wildman–Crippen LogP) is 4.10. The Bertz CT molecular complexity index is 855. The lowest BCUT2D eigenvalue weighted by Crippen LogP contribution is -2.38. The number of hydrogen-bond donors (Lipinski definition) is 2. The molecular formula is C19H23N3OS2. The second-order valence-electron chi connectivity index (χ2n) is 5.95. The Hall–Kier alpha value is -2.05. The first-order valence-electron chi connectivity index (χ1n) is 8.26. The van der Waals surface area contributed by atoms with E-state index in [1.165, 1.54) is 21.5 Å². The van der Waals surface area contributed by atoms with Crippen molar-refractivity contribution in [3.8, 4) is 5.75 Å². The second kappa shape index (κ2) is 7.89. The minimum Gasteiger partial charge on any atom is -0.497 e. The van der Waals surface area contributed by atoms with Gasteiger partial charge in [0, 0.05) is 35.1 Å². The second-order valence-corrected chi connectivity index (χ2v) is 7.37. The average Bonchev–Trinajstić information content (AvgIpc) is 3.24. The third-order valence-electron chi connectivity index (χ3n) is 4.39. The van der Waals surface area contributed by atoms with Gasteiger partial charge >= 0.3 is 0 Å². The molecule has 1 aromatic carbocycles. The van der Waals surface area contributed by atoms with Crippen LogP contribution in [0.15, 0.2) is 35.7 Å². The van der Waals surface area contributed by atoms with E-state index in [4.69, 9.17) is 17.0 Å². The summed E-state index contributed by atoms with van der Waals surface area (Å²) in [5.74, 6) is 0.883. The van der Waals surface area contributed by atoms with Crippen molar-refractivity contribution in [1.29, 1.82) is 0 Å². The average molecular weight is 374 g/mol. The molecule has 0 unspecified atom stereocenters. The molecule has 132 valence electrons. The molecule has 0 bridgehead atoms. The molecule has 0 radical (unpaired) electrons. The third-order valence-corrected chi connectivity index (χ3v) is 5.71. The van der Waals surface area contributed by atoms with E-state index in [1.54, 1.807) is 18.4 Å². The highest BCUT2D eigenvalue weighted by Crippen LogP contribution is 2.27. The Kier molecular flexibility index (Phi) is 5.60. The quantitative estimate of drug-likeness (QED) is 0.639. The summed E-state index contributed by atoms with van der Waals surface area (Å²) in [6.45, 7) is 3.83. The van der Waals surface area contributed by atoms with Crippen LogP contribution in [0.2, 0.25) is 0 Å². The van der Waals surface area contributed by atoms with Gasteiger partial charge in [0.1, 0.15) is 5.75 Å². The zero-order valence-electron chi connectivity index (χ0n) is 14.8. The van der Waals surface area contributed by atoms with E-state index < -0.39 is 0 Å². The van der Waals surface area contributed by atoms with Gasteiger partial charge in [0.25, 0.3) is 0 Å². The fraction of sp³-hybridized carbons (Fsp3) is 0.316. The minimum atomic E-state index is 0.781. The van der Waals surface area contributed by atoms with E-state index in [9.17, 15) is 0 Å². The Morgan fingerprint density at radius 3 is 2.88 bits per heavy atom. The molecule has 2 aromatic heterocycles. The standard InChI is InChI=1S/C19H23N3OS2/c1-13-16(17-11-14(23-3)6-7-18(17)21-13)8-9-22(19(24)20-2)12-15-5-4-10-25-15/h4-7,10-11,21H,8-9,12H2,1-3H3,(H,20,24). The number of thiophene rings is 1. The van der Waals surface area contributed by atoms with Crippen LogP contribution in [-0.2, 0) is 13.0 Å². The van der Waals surface area contributed by atoms with Gasteiger partial charge in [-0.25, -0.2) is 0 Å². The first kappa shape index (κ1) is 17.8. The van der Waals surface area contributed by atoms with Gasteiger partial charge in [-0.05, 0) is 60.8 Å². The van der Waals surface area contributed by atoms with Gasteiger partial charge in [0.15, 0.2) is 5.11 Å². The van der Waals surface area contributed by atoms with Crippen LogP contribution < -0.4 is 10.1 Å². The van der Waals surface area contributed by atoms with Crippen molar-refractivity contribution in [2.45, 2.75) is 19.9 Å². The summed E-state index contributed by atoms with van der Waals surface area (Å²) >= 11 is 7.27. The molecule has 0 amide bonds. The number of benzene rings is 1. The van der Waals surface area contributed by atoms with E-state index >= 15 is 0 Å². The summed E-state index contributed by atoms with van der Waals surface area (Å²) in [7, 11) is 3.58. The molecule has 3 aromatic rings. The number of hydrogen-bond acceptors (Lipinski definition) is 3. The van der Waals surface area contributed by atoms with E-state index in [0.29, 0.717) is 0 Å². The Labute approximate surface area is 157 Å². The van der Waals surface area contributed by atoms with Crippen LogP contribution in [0.1, 0.15) is 16.1 Å². The lowest BCUT2D eigenvalue weighted by molar-refractivity contribution is 0.414. The van der Waals surface area contributed by atoms with Crippen molar-refractivity contribution in [2.75, 3.05) is 20.7 Å². The van der Waals surface area contributed by atoms with E-state index in [-0.39, 0.29) is 0 Å². The fourth-order valence-corrected chi connectivity index (χ4v) is 3.93. The minimum absolute atomic E-state index is 0.781. The molecule has 3 rings (SSSR count). The number of rotatable bonds is 6. The monoisotopic (exact) mass is 373 g/mol. The zero-order chi connectivity index (χ0) is 17.8. The van der Waals surface area contributed by atoms with Crippen LogP contribution in [0.3, 0.4) is 0 Å². The van der Waals surface area contributed by atoms with Crippen molar-refractivity contribution >= 4 is 39.6 Å². The molecule has 0 spiro atoms. The first-order chi connectivity index (χ1) is 12.1. The highest BCUT2D eigenvalue weighted by atomic mass is 32.1. The molecule has 0 atom stereocenters. The van der Waals surface area contributed by atoms with Gasteiger partial charge in [-0.3, -0.25) is 0 Å². The predicted molar refractivity (Wildman–Crippen MR) is 110 cm³/mol. The Morgan fingerprint density at radius 2 is 2.20 bits per heavy atom. The number of ether oxygens (including phenoxy) is 1. The van der Waals surface area contributed by atoms with Gasteiger partial charge in [0.2, 0.25) is 0 Å². The van der Waals surface area contributed by atoms with E-state index in [2.05, 4.69) is 51.8 Å². The molecule has 6 heteroatoms. The molecule has 25 heavy (non-hydrogen) atoms. The number of nitrogens with one attached hydrogen (secondary N) is 2. The molecule has 0 aliphatic carbocycles. The van der Waals surface area contributed by atoms with Crippen molar-refractivity contribution < 1.29 is 4.74 Å². The normalized spacial score (nSPS) is 10.8. The third kappa shape index (κ3) is 3.96. The topological polar surface area (TPSA) is 40.3 Å². The van der Waals surface area contributed by atoms with Crippen molar-refractivity contribution in [3.05, 3.63) is 51.8 Å². The number of H-pyrrole nitrogens is 1. The van der Waals surface area contributed by atoms with Crippen LogP contribution in [0.4, 0.5) is 0 Å². The highest BCUT2D eigenvalue weighted by Gasteiger charge is 2.14. The molecule has 0 aliphatic heterocycles. The van der Waals surface area contributed by atoms with Crippen molar-refractivity contribution in [3.63, 3.8) is 0 Å². The van der Waals surface area contributed by atoms with Crippen molar-refractivity contribution in [1.82, 2.24) is 15.2 Å². The molecule has 2 N–H and O–H groups in total. The molecule has 0 saturated heterocycles. The van der Waals surface area contributed by atoms with Crippen LogP contribution in [0, 0.1) is 6.92 Å². The molecule has 0 saturated carbocycles. The SMILES string of the molecule is CNC(=S)N(CCc1c(C)[nH]c2ccc(OC)cc12)Cc1cccs1. The lowest BCUT2D eigenvalue weighted by Gasteiger charge is -2.24.